The van der Waals surface area contributed by atoms with E-state index in [1.807, 2.05) is 13.0 Å². The van der Waals surface area contributed by atoms with E-state index in [0.717, 1.165) is 37.4 Å². The first-order valence-electron chi connectivity index (χ1n) is 5.58. The second-order valence-electron chi connectivity index (χ2n) is 4.29. The summed E-state index contributed by atoms with van der Waals surface area (Å²) in [5.41, 5.74) is 7.43. The minimum absolute atomic E-state index is 0.316. The summed E-state index contributed by atoms with van der Waals surface area (Å²) in [5.74, 6) is 0.906. The molecule has 0 radical (unpaired) electrons. The fourth-order valence-corrected chi connectivity index (χ4v) is 2.01. The zero-order valence-corrected chi connectivity index (χ0v) is 9.48. The average Bonchev–Trinajstić information content (AvgIpc) is 2.29. The van der Waals surface area contributed by atoms with E-state index in [-0.39, 0.29) is 0 Å². The van der Waals surface area contributed by atoms with Crippen LogP contribution in [0.15, 0.2) is 12.1 Å². The summed E-state index contributed by atoms with van der Waals surface area (Å²) in [5, 5.41) is 8.91. The minimum Gasteiger partial charge on any atom is -0.356 e. The van der Waals surface area contributed by atoms with Gasteiger partial charge in [-0.15, -0.1) is 0 Å². The molecule has 4 nitrogen and oxygen atoms in total. The molecular weight excluding hydrogens is 200 g/mol. The number of hydrogen-bond donors (Lipinski definition) is 1. The van der Waals surface area contributed by atoms with Gasteiger partial charge in [0.1, 0.15) is 5.82 Å². The zero-order chi connectivity index (χ0) is 11.5. The van der Waals surface area contributed by atoms with Crippen molar-refractivity contribution in [3.63, 3.8) is 0 Å². The molecule has 0 bridgehead atoms. The highest BCUT2D eigenvalue weighted by atomic mass is 15.2. The molecular formula is C12H16N4. The van der Waals surface area contributed by atoms with Crippen LogP contribution in [0.3, 0.4) is 0 Å². The molecule has 16 heavy (non-hydrogen) atoms. The van der Waals surface area contributed by atoms with Crippen molar-refractivity contribution in [2.75, 3.05) is 18.0 Å². The first-order chi connectivity index (χ1) is 7.69. The van der Waals surface area contributed by atoms with Crippen molar-refractivity contribution in [3.8, 4) is 6.07 Å². The number of nitrogens with two attached hydrogens (primary N) is 1. The SMILES string of the molecule is Cc1cc(C#N)cc(N2CCC(N)CC2)n1. The minimum atomic E-state index is 0.316. The third-order valence-electron chi connectivity index (χ3n) is 2.93. The molecule has 2 heterocycles. The van der Waals surface area contributed by atoms with Crippen molar-refractivity contribution in [3.05, 3.63) is 23.4 Å². The molecule has 1 aromatic heterocycles. The van der Waals surface area contributed by atoms with Crippen LogP contribution in [0.5, 0.6) is 0 Å². The van der Waals surface area contributed by atoms with E-state index in [9.17, 15) is 0 Å². The van der Waals surface area contributed by atoms with Crippen molar-refractivity contribution < 1.29 is 0 Å². The van der Waals surface area contributed by atoms with Crippen LogP contribution in [0.4, 0.5) is 5.82 Å². The average molecular weight is 216 g/mol. The number of hydrogen-bond acceptors (Lipinski definition) is 4. The molecule has 1 aliphatic heterocycles. The number of anilines is 1. The van der Waals surface area contributed by atoms with Crippen LogP contribution in [-0.2, 0) is 0 Å². The summed E-state index contributed by atoms with van der Waals surface area (Å²) in [6.45, 7) is 3.78. The molecule has 0 atom stereocenters. The number of nitrogens with zero attached hydrogens (tertiary/aromatic N) is 3. The van der Waals surface area contributed by atoms with Gasteiger partial charge in [-0.2, -0.15) is 5.26 Å². The Kier molecular flexibility index (Phi) is 3.07. The number of piperidine rings is 1. The van der Waals surface area contributed by atoms with Gasteiger partial charge in [0.05, 0.1) is 11.6 Å². The molecule has 0 spiro atoms. The molecule has 2 rings (SSSR count). The summed E-state index contributed by atoms with van der Waals surface area (Å²) in [7, 11) is 0. The maximum absolute atomic E-state index is 8.91. The molecule has 0 aromatic carbocycles. The Morgan fingerprint density at radius 2 is 2.12 bits per heavy atom. The molecule has 1 fully saturated rings. The van der Waals surface area contributed by atoms with E-state index >= 15 is 0 Å². The Hall–Kier alpha value is -1.60. The molecule has 0 amide bonds. The van der Waals surface area contributed by atoms with Crippen LogP contribution in [0.25, 0.3) is 0 Å². The number of aromatic nitrogens is 1. The smallest absolute Gasteiger partial charge is 0.130 e. The lowest BCUT2D eigenvalue weighted by Crippen LogP contribution is -2.40. The summed E-state index contributed by atoms with van der Waals surface area (Å²) in [6.07, 6.45) is 2.00. The van der Waals surface area contributed by atoms with E-state index in [1.165, 1.54) is 0 Å². The van der Waals surface area contributed by atoms with E-state index < -0.39 is 0 Å². The fourth-order valence-electron chi connectivity index (χ4n) is 2.01. The maximum atomic E-state index is 8.91. The Morgan fingerprint density at radius 1 is 1.44 bits per heavy atom. The Balaban J connectivity index is 2.20. The lowest BCUT2D eigenvalue weighted by molar-refractivity contribution is 0.498. The van der Waals surface area contributed by atoms with Crippen molar-refractivity contribution in [2.24, 2.45) is 5.73 Å². The van der Waals surface area contributed by atoms with Gasteiger partial charge in [-0.3, -0.25) is 0 Å². The Labute approximate surface area is 95.7 Å². The Bertz CT molecular complexity index is 414. The van der Waals surface area contributed by atoms with Crippen LogP contribution in [0.2, 0.25) is 0 Å². The van der Waals surface area contributed by atoms with Crippen molar-refractivity contribution in [1.82, 2.24) is 4.98 Å². The first kappa shape index (κ1) is 10.9. The summed E-state index contributed by atoms with van der Waals surface area (Å²) in [6, 6.07) is 6.14. The fraction of sp³-hybridized carbons (Fsp3) is 0.500. The molecule has 1 aromatic rings. The van der Waals surface area contributed by atoms with Gasteiger partial charge < -0.3 is 10.6 Å². The van der Waals surface area contributed by atoms with Gasteiger partial charge in [-0.05, 0) is 31.9 Å². The lowest BCUT2D eigenvalue weighted by atomic mass is 10.1. The number of nitriles is 1. The van der Waals surface area contributed by atoms with Gasteiger partial charge >= 0.3 is 0 Å². The number of pyridine rings is 1. The highest BCUT2D eigenvalue weighted by Crippen LogP contribution is 2.19. The molecule has 0 aliphatic carbocycles. The van der Waals surface area contributed by atoms with Gasteiger partial charge in [0.25, 0.3) is 0 Å². The molecule has 1 aliphatic rings. The summed E-state index contributed by atoms with van der Waals surface area (Å²) < 4.78 is 0. The van der Waals surface area contributed by atoms with Crippen LogP contribution >= 0.6 is 0 Å². The molecule has 1 saturated heterocycles. The van der Waals surface area contributed by atoms with Crippen molar-refractivity contribution >= 4 is 5.82 Å². The zero-order valence-electron chi connectivity index (χ0n) is 9.48. The summed E-state index contributed by atoms with van der Waals surface area (Å²) >= 11 is 0. The second-order valence-corrected chi connectivity index (χ2v) is 4.29. The van der Waals surface area contributed by atoms with E-state index in [4.69, 9.17) is 11.0 Å². The van der Waals surface area contributed by atoms with Crippen LogP contribution < -0.4 is 10.6 Å². The Morgan fingerprint density at radius 3 is 2.75 bits per heavy atom. The third kappa shape index (κ3) is 2.31. The predicted molar refractivity (Wildman–Crippen MR) is 63.1 cm³/mol. The first-order valence-corrected chi connectivity index (χ1v) is 5.58. The van der Waals surface area contributed by atoms with Gasteiger partial charge in [0, 0.05) is 24.8 Å². The van der Waals surface area contributed by atoms with E-state index in [0.29, 0.717) is 11.6 Å². The quantitative estimate of drug-likeness (QED) is 0.765. The van der Waals surface area contributed by atoms with Gasteiger partial charge in [0.2, 0.25) is 0 Å². The van der Waals surface area contributed by atoms with Crippen molar-refractivity contribution in [1.29, 1.82) is 5.26 Å². The van der Waals surface area contributed by atoms with Crippen LogP contribution in [-0.4, -0.2) is 24.1 Å². The topological polar surface area (TPSA) is 65.9 Å². The largest absolute Gasteiger partial charge is 0.356 e. The molecule has 4 heteroatoms. The summed E-state index contributed by atoms with van der Waals surface area (Å²) in [4.78, 5) is 6.67. The van der Waals surface area contributed by atoms with Crippen LogP contribution in [0, 0.1) is 18.3 Å². The van der Waals surface area contributed by atoms with Gasteiger partial charge in [0.15, 0.2) is 0 Å². The molecule has 0 saturated carbocycles. The molecule has 2 N–H and O–H groups in total. The molecule has 0 unspecified atom stereocenters. The highest BCUT2D eigenvalue weighted by Gasteiger charge is 2.17. The maximum Gasteiger partial charge on any atom is 0.130 e. The number of aryl methyl sites for hydroxylation is 1. The van der Waals surface area contributed by atoms with E-state index in [2.05, 4.69) is 16.0 Å². The lowest BCUT2D eigenvalue weighted by Gasteiger charge is -2.31. The molecule has 84 valence electrons. The van der Waals surface area contributed by atoms with Gasteiger partial charge in [-0.1, -0.05) is 0 Å². The van der Waals surface area contributed by atoms with Crippen LogP contribution in [0.1, 0.15) is 24.1 Å². The normalized spacial score (nSPS) is 17.2. The monoisotopic (exact) mass is 216 g/mol. The van der Waals surface area contributed by atoms with E-state index in [1.54, 1.807) is 6.07 Å². The standard InChI is InChI=1S/C12H16N4/c1-9-6-10(8-13)7-12(15-9)16-4-2-11(14)3-5-16/h6-7,11H,2-5,14H2,1H3. The second kappa shape index (κ2) is 4.50. The van der Waals surface area contributed by atoms with Crippen molar-refractivity contribution in [2.45, 2.75) is 25.8 Å². The van der Waals surface area contributed by atoms with Gasteiger partial charge in [-0.25, -0.2) is 4.98 Å². The number of rotatable bonds is 1. The highest BCUT2D eigenvalue weighted by molar-refractivity contribution is 5.46. The third-order valence-corrected chi connectivity index (χ3v) is 2.93. The predicted octanol–water partition coefficient (Wildman–Crippen LogP) is 1.19.